The van der Waals surface area contributed by atoms with Gasteiger partial charge in [-0.2, -0.15) is 0 Å². The summed E-state index contributed by atoms with van der Waals surface area (Å²) >= 11 is 0. The fourth-order valence-electron chi connectivity index (χ4n) is 5.06. The van der Waals surface area contributed by atoms with E-state index >= 15 is 0 Å². The third-order valence-electron chi connectivity index (χ3n) is 7.75. The molecule has 0 saturated carbocycles. The van der Waals surface area contributed by atoms with E-state index in [2.05, 4.69) is 16.0 Å². The number of rotatable bonds is 15. The second kappa shape index (κ2) is 16.1. The lowest BCUT2D eigenvalue weighted by Crippen LogP contribution is -2.58. The number of nitrogens with zero attached hydrogens (tertiary/aromatic N) is 1. The molecule has 0 aliphatic carbocycles. The first-order valence-electron chi connectivity index (χ1n) is 15.0. The number of nitrogens with two attached hydrogens (primary N) is 1. The van der Waals surface area contributed by atoms with Crippen LogP contribution in [0.4, 0.5) is 0 Å². The number of benzene rings is 2. The van der Waals surface area contributed by atoms with Gasteiger partial charge in [0.25, 0.3) is 5.91 Å². The molecular weight excluding hydrogens is 550 g/mol. The second-order valence-electron chi connectivity index (χ2n) is 11.7. The van der Waals surface area contributed by atoms with E-state index in [1.807, 2.05) is 68.1 Å². The molecule has 1 heterocycles. The minimum Gasteiger partial charge on any atom is -0.379 e. The monoisotopic (exact) mass is 595 g/mol. The molecule has 1 aliphatic heterocycles. The van der Waals surface area contributed by atoms with Gasteiger partial charge in [-0.1, -0.05) is 76.6 Å². The van der Waals surface area contributed by atoms with Crippen LogP contribution in [0.5, 0.6) is 0 Å². The molecule has 234 valence electrons. The number of Topliss-reactive ketones (excluding diaryl/α,β-unsaturated/α-hetero) is 1. The Morgan fingerprint density at radius 2 is 1.58 bits per heavy atom. The Morgan fingerprint density at radius 1 is 0.907 bits per heavy atom. The molecule has 1 fully saturated rings. The summed E-state index contributed by atoms with van der Waals surface area (Å²) in [7, 11) is 0. The molecule has 1 saturated heterocycles. The first-order chi connectivity index (χ1) is 20.5. The number of primary amides is 1. The van der Waals surface area contributed by atoms with E-state index in [4.69, 9.17) is 10.5 Å². The Bertz CT molecular complexity index is 1290. The topological polar surface area (TPSA) is 160 Å². The number of hydrogen-bond donors (Lipinski definition) is 4. The highest BCUT2D eigenvalue weighted by molar-refractivity contribution is 6.39. The Kier molecular flexibility index (Phi) is 12.6. The molecule has 0 spiro atoms. The number of fused-ring (bicyclic) bond motifs is 1. The van der Waals surface area contributed by atoms with Crippen molar-refractivity contribution in [3.05, 3.63) is 48.0 Å². The lowest BCUT2D eigenvalue weighted by atomic mass is 9.93. The van der Waals surface area contributed by atoms with E-state index in [0.717, 1.165) is 16.3 Å². The average Bonchev–Trinajstić information content (AvgIpc) is 2.98. The number of hydrogen-bond acceptors (Lipinski definition) is 7. The van der Waals surface area contributed by atoms with Gasteiger partial charge in [0, 0.05) is 19.5 Å². The summed E-state index contributed by atoms with van der Waals surface area (Å²) < 4.78 is 5.33. The van der Waals surface area contributed by atoms with E-state index in [-0.39, 0.29) is 24.8 Å². The van der Waals surface area contributed by atoms with Gasteiger partial charge < -0.3 is 26.4 Å². The number of amides is 4. The van der Waals surface area contributed by atoms with Gasteiger partial charge in [-0.05, 0) is 34.6 Å². The van der Waals surface area contributed by atoms with E-state index in [1.165, 1.54) is 0 Å². The average molecular weight is 596 g/mol. The quantitative estimate of drug-likeness (QED) is 0.226. The number of ketones is 1. The molecule has 1 aliphatic rings. The molecule has 2 aromatic carbocycles. The zero-order valence-electron chi connectivity index (χ0n) is 25.6. The minimum absolute atomic E-state index is 0.0758. The Hall–Kier alpha value is -3.83. The van der Waals surface area contributed by atoms with Gasteiger partial charge in [-0.15, -0.1) is 0 Å². The van der Waals surface area contributed by atoms with Crippen LogP contribution >= 0.6 is 0 Å². The minimum atomic E-state index is -1.16. The van der Waals surface area contributed by atoms with Crippen molar-refractivity contribution in [2.75, 3.05) is 32.8 Å². The van der Waals surface area contributed by atoms with Crippen molar-refractivity contribution >= 4 is 40.2 Å². The van der Waals surface area contributed by atoms with Crippen LogP contribution in [0.2, 0.25) is 0 Å². The van der Waals surface area contributed by atoms with Gasteiger partial charge in [-0.3, -0.25) is 28.9 Å². The number of morpholine rings is 1. The van der Waals surface area contributed by atoms with Gasteiger partial charge in [0.05, 0.1) is 25.8 Å². The fraction of sp³-hybridized carbons (Fsp3) is 0.531. The second-order valence-corrected chi connectivity index (χ2v) is 11.7. The fourth-order valence-corrected chi connectivity index (χ4v) is 5.06. The zero-order chi connectivity index (χ0) is 31.5. The van der Waals surface area contributed by atoms with Gasteiger partial charge >= 0.3 is 0 Å². The van der Waals surface area contributed by atoms with Crippen LogP contribution in [0.1, 0.15) is 46.1 Å². The summed E-state index contributed by atoms with van der Waals surface area (Å²) in [6.07, 6.45) is 0.952. The number of carbonyl (C=O) groups is 5. The maximum Gasteiger partial charge on any atom is 0.290 e. The van der Waals surface area contributed by atoms with Gasteiger partial charge in [-0.25, -0.2) is 0 Å². The van der Waals surface area contributed by atoms with Crippen molar-refractivity contribution in [3.63, 3.8) is 0 Å². The van der Waals surface area contributed by atoms with Crippen molar-refractivity contribution < 1.29 is 28.7 Å². The summed E-state index contributed by atoms with van der Waals surface area (Å²) in [5, 5.41) is 10.0. The summed E-state index contributed by atoms with van der Waals surface area (Å²) in [5.74, 6) is -3.82. The Morgan fingerprint density at radius 3 is 2.21 bits per heavy atom. The van der Waals surface area contributed by atoms with E-state index < -0.39 is 47.5 Å². The first-order valence-corrected chi connectivity index (χ1v) is 15.0. The van der Waals surface area contributed by atoms with Gasteiger partial charge in [0.2, 0.25) is 23.5 Å². The van der Waals surface area contributed by atoms with Crippen LogP contribution in [-0.2, 0) is 35.1 Å². The molecular formula is C32H45N5O6. The van der Waals surface area contributed by atoms with Gasteiger partial charge in [0.1, 0.15) is 12.1 Å². The molecule has 0 radical (unpaired) electrons. The maximum absolute atomic E-state index is 13.4. The van der Waals surface area contributed by atoms with Crippen LogP contribution < -0.4 is 21.7 Å². The van der Waals surface area contributed by atoms with Crippen LogP contribution in [0.3, 0.4) is 0 Å². The summed E-state index contributed by atoms with van der Waals surface area (Å²) in [4.78, 5) is 67.0. The van der Waals surface area contributed by atoms with Crippen LogP contribution in [0.15, 0.2) is 42.5 Å². The third-order valence-corrected chi connectivity index (χ3v) is 7.75. The molecule has 0 bridgehead atoms. The summed E-state index contributed by atoms with van der Waals surface area (Å²) in [6, 6.07) is 10.2. The van der Waals surface area contributed by atoms with Crippen molar-refractivity contribution in [3.8, 4) is 0 Å². The van der Waals surface area contributed by atoms with Crippen LogP contribution in [-0.4, -0.2) is 85.3 Å². The molecule has 43 heavy (non-hydrogen) atoms. The van der Waals surface area contributed by atoms with E-state index in [1.54, 1.807) is 6.92 Å². The standard InChI is InChI=1S/C32H45N5O6/c1-5-21(4)28(36-31(41)26(16-20(2)3)34-27(38)19-37-12-14-43-15-13-37)29(39)32(42)35-25(30(33)40)18-22-10-11-23-8-6-7-9-24(23)17-22/h6-11,17,20-21,25-26,28H,5,12-16,18-19H2,1-4H3,(H2,33,40)(H,34,38)(H,35,42)(H,36,41)/t21-,25-,26-,28?/m0/s1. The molecule has 5 N–H and O–H groups in total. The number of ether oxygens (including phenoxy) is 1. The molecule has 11 heteroatoms. The molecule has 0 aromatic heterocycles. The predicted octanol–water partition coefficient (Wildman–Crippen LogP) is 1.32. The van der Waals surface area contributed by atoms with Crippen molar-refractivity contribution in [2.45, 2.75) is 65.1 Å². The SMILES string of the molecule is CC[C@H](C)C(NC(=O)[C@H](CC(C)C)NC(=O)CN1CCOCC1)C(=O)C(=O)N[C@@H](Cc1ccc2ccccc2c1)C(N)=O. The summed E-state index contributed by atoms with van der Waals surface area (Å²) in [6.45, 7) is 9.93. The molecule has 2 aromatic rings. The molecule has 4 atom stereocenters. The Labute approximate surface area is 253 Å². The largest absolute Gasteiger partial charge is 0.379 e. The van der Waals surface area contributed by atoms with Crippen molar-refractivity contribution in [1.82, 2.24) is 20.9 Å². The lowest BCUT2D eigenvalue weighted by Gasteiger charge is -2.29. The molecule has 3 rings (SSSR count). The Balaban J connectivity index is 1.69. The van der Waals surface area contributed by atoms with Crippen LogP contribution in [0.25, 0.3) is 10.8 Å². The highest BCUT2D eigenvalue weighted by atomic mass is 16.5. The molecule has 11 nitrogen and oxygen atoms in total. The van der Waals surface area contributed by atoms with Crippen molar-refractivity contribution in [2.24, 2.45) is 17.6 Å². The van der Waals surface area contributed by atoms with Crippen molar-refractivity contribution in [1.29, 1.82) is 0 Å². The first kappa shape index (κ1) is 33.7. The summed E-state index contributed by atoms with van der Waals surface area (Å²) in [5.41, 5.74) is 6.37. The lowest BCUT2D eigenvalue weighted by molar-refractivity contribution is -0.142. The number of nitrogens with one attached hydrogen (secondary N) is 3. The zero-order valence-corrected chi connectivity index (χ0v) is 25.6. The number of carbonyl (C=O) groups excluding carboxylic acids is 5. The van der Waals surface area contributed by atoms with E-state index in [9.17, 15) is 24.0 Å². The highest BCUT2D eigenvalue weighted by Gasteiger charge is 2.35. The normalized spacial score (nSPS) is 16.6. The van der Waals surface area contributed by atoms with Crippen LogP contribution in [0, 0.1) is 11.8 Å². The maximum atomic E-state index is 13.4. The van der Waals surface area contributed by atoms with Gasteiger partial charge in [0.15, 0.2) is 0 Å². The predicted molar refractivity (Wildman–Crippen MR) is 164 cm³/mol. The molecule has 1 unspecified atom stereocenters. The highest BCUT2D eigenvalue weighted by Crippen LogP contribution is 2.17. The third kappa shape index (κ3) is 10.1. The smallest absolute Gasteiger partial charge is 0.290 e. The van der Waals surface area contributed by atoms with E-state index in [0.29, 0.717) is 39.1 Å². The molecule has 4 amide bonds.